The maximum absolute atomic E-state index is 3.47. The Morgan fingerprint density at radius 3 is 2.76 bits per heavy atom. The molecular weight excluding hydrogens is 256 g/mol. The minimum absolute atomic E-state index is 0.917. The highest BCUT2D eigenvalue weighted by molar-refractivity contribution is 5.86. The molecule has 0 spiro atoms. The molecule has 2 nitrogen and oxygen atoms in total. The zero-order chi connectivity index (χ0) is 15.2. The van der Waals surface area contributed by atoms with Crippen molar-refractivity contribution >= 4 is 10.9 Å². The number of aromatic nitrogens is 1. The van der Waals surface area contributed by atoms with Gasteiger partial charge in [-0.25, -0.2) is 0 Å². The number of benzene rings is 1. The lowest BCUT2D eigenvalue weighted by Gasteiger charge is -2.07. The first-order valence-electron chi connectivity index (χ1n) is 7.87. The van der Waals surface area contributed by atoms with E-state index in [1.807, 2.05) is 6.92 Å². The van der Waals surface area contributed by atoms with Gasteiger partial charge in [0.2, 0.25) is 0 Å². The highest BCUT2D eigenvalue weighted by atomic mass is 15.0. The smallest absolute Gasteiger partial charge is 0.0485 e. The van der Waals surface area contributed by atoms with Crippen molar-refractivity contribution in [3.8, 4) is 11.8 Å². The molecular formula is C19H26N2. The van der Waals surface area contributed by atoms with Crippen LogP contribution in [0.25, 0.3) is 10.9 Å². The van der Waals surface area contributed by atoms with E-state index in [1.165, 1.54) is 34.1 Å². The van der Waals surface area contributed by atoms with Crippen LogP contribution in [0.5, 0.6) is 0 Å². The third-order valence-corrected chi connectivity index (χ3v) is 4.10. The molecule has 2 rings (SSSR count). The van der Waals surface area contributed by atoms with Crippen LogP contribution in [0.15, 0.2) is 18.2 Å². The number of nitrogens with one attached hydrogen (secondary N) is 1. The largest absolute Gasteiger partial charge is 0.344 e. The van der Waals surface area contributed by atoms with E-state index in [1.54, 1.807) is 0 Å². The number of aryl methyl sites for hydroxylation is 2. The second-order valence-corrected chi connectivity index (χ2v) is 5.57. The van der Waals surface area contributed by atoms with Crippen molar-refractivity contribution < 1.29 is 0 Å². The van der Waals surface area contributed by atoms with E-state index >= 15 is 0 Å². The molecule has 0 aliphatic carbocycles. The molecule has 2 aromatic rings. The van der Waals surface area contributed by atoms with Gasteiger partial charge in [-0.1, -0.05) is 13.0 Å². The van der Waals surface area contributed by atoms with Gasteiger partial charge in [0.05, 0.1) is 0 Å². The van der Waals surface area contributed by atoms with Gasteiger partial charge in [0.1, 0.15) is 0 Å². The van der Waals surface area contributed by atoms with Gasteiger partial charge in [-0.2, -0.15) is 0 Å². The summed E-state index contributed by atoms with van der Waals surface area (Å²) in [6, 6.07) is 6.84. The van der Waals surface area contributed by atoms with Gasteiger partial charge in [-0.3, -0.25) is 0 Å². The van der Waals surface area contributed by atoms with Crippen LogP contribution in [0, 0.1) is 25.7 Å². The maximum atomic E-state index is 3.47. The summed E-state index contributed by atoms with van der Waals surface area (Å²) in [6.45, 7) is 11.5. The maximum Gasteiger partial charge on any atom is 0.0485 e. The lowest BCUT2D eigenvalue weighted by atomic mass is 10.1. The molecule has 0 aliphatic heterocycles. The highest BCUT2D eigenvalue weighted by Crippen LogP contribution is 2.26. The molecule has 0 radical (unpaired) electrons. The van der Waals surface area contributed by atoms with Crippen molar-refractivity contribution in [1.29, 1.82) is 0 Å². The highest BCUT2D eigenvalue weighted by Gasteiger charge is 2.10. The zero-order valence-corrected chi connectivity index (χ0v) is 13.7. The van der Waals surface area contributed by atoms with Gasteiger partial charge in [-0.05, 0) is 57.0 Å². The van der Waals surface area contributed by atoms with Crippen molar-refractivity contribution in [3.63, 3.8) is 0 Å². The van der Waals surface area contributed by atoms with Crippen LogP contribution in [-0.2, 0) is 13.1 Å². The van der Waals surface area contributed by atoms with Crippen molar-refractivity contribution in [2.24, 2.45) is 0 Å². The molecule has 1 heterocycles. The Balaban J connectivity index is 2.30. The van der Waals surface area contributed by atoms with E-state index in [-0.39, 0.29) is 0 Å². The van der Waals surface area contributed by atoms with Crippen molar-refractivity contribution in [1.82, 2.24) is 9.88 Å². The van der Waals surface area contributed by atoms with E-state index in [2.05, 4.69) is 60.7 Å². The van der Waals surface area contributed by atoms with Gasteiger partial charge in [0, 0.05) is 36.1 Å². The predicted molar refractivity (Wildman–Crippen MR) is 91.5 cm³/mol. The lowest BCUT2D eigenvalue weighted by Crippen LogP contribution is -2.13. The fourth-order valence-corrected chi connectivity index (χ4v) is 2.80. The third kappa shape index (κ3) is 3.49. The van der Waals surface area contributed by atoms with Crippen molar-refractivity contribution in [2.45, 2.75) is 53.6 Å². The Morgan fingerprint density at radius 2 is 2.05 bits per heavy atom. The second-order valence-electron chi connectivity index (χ2n) is 5.57. The minimum atomic E-state index is 0.917. The summed E-state index contributed by atoms with van der Waals surface area (Å²) in [5.74, 6) is 6.14. The molecule has 0 saturated carbocycles. The molecule has 1 aromatic carbocycles. The molecule has 112 valence electrons. The molecule has 2 heteroatoms. The fourth-order valence-electron chi connectivity index (χ4n) is 2.80. The molecule has 1 N–H and O–H groups in total. The summed E-state index contributed by atoms with van der Waals surface area (Å²) in [5, 5.41) is 4.86. The van der Waals surface area contributed by atoms with Gasteiger partial charge in [0.25, 0.3) is 0 Å². The number of rotatable bonds is 6. The minimum Gasteiger partial charge on any atom is -0.344 e. The Hall–Kier alpha value is -1.72. The van der Waals surface area contributed by atoms with Gasteiger partial charge >= 0.3 is 0 Å². The van der Waals surface area contributed by atoms with Crippen LogP contribution in [-0.4, -0.2) is 11.1 Å². The first kappa shape index (κ1) is 15.7. The number of hydrogen-bond donors (Lipinski definition) is 1. The normalized spacial score (nSPS) is 10.7. The molecule has 0 aliphatic rings. The Bertz CT molecular complexity index is 668. The molecule has 0 fully saturated rings. The number of hydrogen-bond acceptors (Lipinski definition) is 1. The summed E-state index contributed by atoms with van der Waals surface area (Å²) in [4.78, 5) is 0. The Kier molecular flexibility index (Phi) is 5.47. The second kappa shape index (κ2) is 7.33. The fraction of sp³-hybridized carbons (Fsp3) is 0.474. The average Bonchev–Trinajstić information content (AvgIpc) is 2.73. The van der Waals surface area contributed by atoms with Gasteiger partial charge in [-0.15, -0.1) is 11.8 Å². The topological polar surface area (TPSA) is 17.0 Å². The summed E-state index contributed by atoms with van der Waals surface area (Å²) >= 11 is 0. The summed E-state index contributed by atoms with van der Waals surface area (Å²) in [7, 11) is 0. The quantitative estimate of drug-likeness (QED) is 0.621. The van der Waals surface area contributed by atoms with Crippen molar-refractivity contribution in [2.75, 3.05) is 6.54 Å². The molecule has 0 atom stereocenters. The predicted octanol–water partition coefficient (Wildman–Crippen LogP) is 4.17. The summed E-state index contributed by atoms with van der Waals surface area (Å²) in [5.41, 5.74) is 5.46. The Labute approximate surface area is 128 Å². The van der Waals surface area contributed by atoms with E-state index in [0.29, 0.717) is 0 Å². The SMILES string of the molecule is CC#CCCn1c(C)c(C)c2cc(CNCCC)ccc21. The number of fused-ring (bicyclic) bond motifs is 1. The molecule has 0 amide bonds. The van der Waals surface area contributed by atoms with E-state index in [4.69, 9.17) is 0 Å². The van der Waals surface area contributed by atoms with Crippen molar-refractivity contribution in [3.05, 3.63) is 35.0 Å². The first-order chi connectivity index (χ1) is 10.2. The third-order valence-electron chi connectivity index (χ3n) is 4.10. The van der Waals surface area contributed by atoms with E-state index < -0.39 is 0 Å². The number of nitrogens with zero attached hydrogens (tertiary/aromatic N) is 1. The Morgan fingerprint density at radius 1 is 1.24 bits per heavy atom. The van der Waals surface area contributed by atoms with Crippen LogP contribution >= 0.6 is 0 Å². The first-order valence-corrected chi connectivity index (χ1v) is 7.87. The average molecular weight is 282 g/mol. The van der Waals surface area contributed by atoms with Crippen LogP contribution in [0.2, 0.25) is 0 Å². The molecule has 1 aromatic heterocycles. The standard InChI is InChI=1S/C19H26N2/c1-5-7-8-12-21-16(4)15(3)18-13-17(9-10-19(18)21)14-20-11-6-2/h9-10,13,20H,6,8,11-12,14H2,1-4H3. The molecule has 21 heavy (non-hydrogen) atoms. The van der Waals surface area contributed by atoms with Gasteiger partial charge < -0.3 is 9.88 Å². The lowest BCUT2D eigenvalue weighted by molar-refractivity contribution is 0.676. The van der Waals surface area contributed by atoms with Crippen LogP contribution in [0.1, 0.15) is 43.5 Å². The van der Waals surface area contributed by atoms with E-state index in [9.17, 15) is 0 Å². The van der Waals surface area contributed by atoms with Crippen LogP contribution < -0.4 is 5.32 Å². The van der Waals surface area contributed by atoms with Crippen LogP contribution in [0.4, 0.5) is 0 Å². The zero-order valence-electron chi connectivity index (χ0n) is 13.7. The van der Waals surface area contributed by atoms with Gasteiger partial charge in [0.15, 0.2) is 0 Å². The molecule has 0 unspecified atom stereocenters. The summed E-state index contributed by atoms with van der Waals surface area (Å²) < 4.78 is 2.40. The monoisotopic (exact) mass is 282 g/mol. The van der Waals surface area contributed by atoms with E-state index in [0.717, 1.165) is 26.1 Å². The molecule has 0 saturated heterocycles. The molecule has 0 bridgehead atoms. The summed E-state index contributed by atoms with van der Waals surface area (Å²) in [6.07, 6.45) is 2.09. The van der Waals surface area contributed by atoms with Crippen LogP contribution in [0.3, 0.4) is 0 Å².